The van der Waals surface area contributed by atoms with Gasteiger partial charge in [0.05, 0.1) is 0 Å². The monoisotopic (exact) mass is 408 g/mol. The first-order valence-electron chi connectivity index (χ1n) is 6.18. The van der Waals surface area contributed by atoms with Crippen molar-refractivity contribution in [1.82, 2.24) is 10.6 Å². The Labute approximate surface area is 138 Å². The van der Waals surface area contributed by atoms with E-state index in [1.54, 1.807) is 0 Å². The lowest BCUT2D eigenvalue weighted by Gasteiger charge is -2.27. The van der Waals surface area contributed by atoms with E-state index in [4.69, 9.17) is 0 Å². The van der Waals surface area contributed by atoms with Crippen LogP contribution in [0.4, 0.5) is 4.79 Å². The minimum Gasteiger partial charge on any atom is -0.316 e. The number of nitrogens with one attached hydrogen (secondary N) is 2. The Bertz CT molecular complexity index is 666. The molecule has 1 aliphatic rings. The number of urea groups is 1. The second-order valence-electron chi connectivity index (χ2n) is 4.67. The maximum Gasteiger partial charge on any atom is 0.322 e. The lowest BCUT2D eigenvalue weighted by Crippen LogP contribution is -2.44. The highest BCUT2D eigenvalue weighted by Crippen LogP contribution is 2.34. The number of imide groups is 1. The van der Waals surface area contributed by atoms with Gasteiger partial charge in [-0.1, -0.05) is 56.1 Å². The molecule has 0 saturated carbocycles. The summed E-state index contributed by atoms with van der Waals surface area (Å²) in [6.45, 7) is 0. The van der Waals surface area contributed by atoms with Crippen LogP contribution in [0.25, 0.3) is 0 Å². The zero-order valence-electron chi connectivity index (χ0n) is 10.7. The fourth-order valence-corrected chi connectivity index (χ4v) is 2.96. The van der Waals surface area contributed by atoms with Gasteiger partial charge in [-0.15, -0.1) is 0 Å². The van der Waals surface area contributed by atoms with Gasteiger partial charge < -0.3 is 5.32 Å². The minimum absolute atomic E-state index is 0.378. The molecule has 0 radical (unpaired) electrons. The lowest BCUT2D eigenvalue weighted by atomic mass is 9.83. The normalized spacial score (nSPS) is 16.5. The highest BCUT2D eigenvalue weighted by Gasteiger charge is 2.49. The lowest BCUT2D eigenvalue weighted by molar-refractivity contribution is -0.122. The first-order valence-corrected chi connectivity index (χ1v) is 7.76. The molecule has 2 aromatic carbocycles. The molecule has 0 aromatic heterocycles. The average molecular weight is 410 g/mol. The molecule has 4 nitrogen and oxygen atoms in total. The van der Waals surface area contributed by atoms with Crippen molar-refractivity contribution in [2.75, 3.05) is 0 Å². The van der Waals surface area contributed by atoms with Gasteiger partial charge >= 0.3 is 6.03 Å². The molecule has 1 heterocycles. The van der Waals surface area contributed by atoms with Crippen LogP contribution < -0.4 is 10.6 Å². The summed E-state index contributed by atoms with van der Waals surface area (Å²) in [5.41, 5.74) is 0.214. The summed E-state index contributed by atoms with van der Waals surface area (Å²) in [5, 5.41) is 5.08. The quantitative estimate of drug-likeness (QED) is 0.747. The average Bonchev–Trinajstić information content (AvgIpc) is 2.76. The van der Waals surface area contributed by atoms with E-state index >= 15 is 0 Å². The molecule has 1 saturated heterocycles. The summed E-state index contributed by atoms with van der Waals surface area (Å²) in [7, 11) is 0. The maximum absolute atomic E-state index is 12.5. The third-order valence-electron chi connectivity index (χ3n) is 3.42. The maximum atomic E-state index is 12.5. The molecule has 21 heavy (non-hydrogen) atoms. The van der Waals surface area contributed by atoms with Crippen molar-refractivity contribution >= 4 is 43.8 Å². The molecule has 0 spiro atoms. The molecule has 0 bridgehead atoms. The Morgan fingerprint density at radius 3 is 1.52 bits per heavy atom. The Balaban J connectivity index is 2.20. The minimum atomic E-state index is -1.20. The van der Waals surface area contributed by atoms with Gasteiger partial charge in [0, 0.05) is 8.95 Å². The van der Waals surface area contributed by atoms with Crippen molar-refractivity contribution in [2.45, 2.75) is 5.54 Å². The summed E-state index contributed by atoms with van der Waals surface area (Å²) < 4.78 is 1.81. The highest BCUT2D eigenvalue weighted by molar-refractivity contribution is 9.10. The van der Waals surface area contributed by atoms with Crippen LogP contribution in [0.2, 0.25) is 0 Å². The summed E-state index contributed by atoms with van der Waals surface area (Å²) in [6.07, 6.45) is 0. The zero-order valence-corrected chi connectivity index (χ0v) is 13.9. The van der Waals surface area contributed by atoms with E-state index in [9.17, 15) is 9.59 Å². The van der Waals surface area contributed by atoms with E-state index in [1.165, 1.54) is 0 Å². The first kappa shape index (κ1) is 14.3. The van der Waals surface area contributed by atoms with Crippen LogP contribution in [-0.4, -0.2) is 11.9 Å². The Morgan fingerprint density at radius 2 is 1.19 bits per heavy atom. The topological polar surface area (TPSA) is 58.2 Å². The summed E-state index contributed by atoms with van der Waals surface area (Å²) in [4.78, 5) is 24.1. The summed E-state index contributed by atoms with van der Waals surface area (Å²) >= 11 is 6.74. The van der Waals surface area contributed by atoms with Gasteiger partial charge in [0.25, 0.3) is 5.91 Å². The number of rotatable bonds is 2. The van der Waals surface area contributed by atoms with Gasteiger partial charge in [0.1, 0.15) is 0 Å². The van der Waals surface area contributed by atoms with E-state index in [1.807, 2.05) is 48.5 Å². The molecular weight excluding hydrogens is 400 g/mol. The van der Waals surface area contributed by atoms with Gasteiger partial charge in [-0.25, -0.2) is 4.79 Å². The number of carbonyl (C=O) groups excluding carboxylic acids is 2. The van der Waals surface area contributed by atoms with E-state index in [-0.39, 0.29) is 5.91 Å². The number of hydrogen-bond acceptors (Lipinski definition) is 2. The number of halogens is 2. The summed E-state index contributed by atoms with van der Waals surface area (Å²) in [6, 6.07) is 14.1. The second kappa shape index (κ2) is 5.27. The second-order valence-corrected chi connectivity index (χ2v) is 6.50. The third kappa shape index (κ3) is 2.38. The molecule has 1 aliphatic heterocycles. The van der Waals surface area contributed by atoms with E-state index < -0.39 is 11.6 Å². The molecule has 1 fully saturated rings. The van der Waals surface area contributed by atoms with Gasteiger partial charge in [-0.3, -0.25) is 10.1 Å². The van der Waals surface area contributed by atoms with E-state index in [0.29, 0.717) is 11.1 Å². The largest absolute Gasteiger partial charge is 0.322 e. The van der Waals surface area contributed by atoms with Crippen LogP contribution in [0, 0.1) is 0 Å². The van der Waals surface area contributed by atoms with Crippen molar-refractivity contribution in [1.29, 1.82) is 0 Å². The molecule has 2 aromatic rings. The molecule has 3 rings (SSSR count). The molecule has 2 N–H and O–H groups in total. The Hall–Kier alpha value is -1.66. The van der Waals surface area contributed by atoms with Gasteiger partial charge in [-0.05, 0) is 35.4 Å². The highest BCUT2D eigenvalue weighted by atomic mass is 79.9. The van der Waals surface area contributed by atoms with Gasteiger partial charge in [0.2, 0.25) is 0 Å². The van der Waals surface area contributed by atoms with Crippen LogP contribution in [-0.2, 0) is 10.3 Å². The molecule has 6 heteroatoms. The third-order valence-corrected chi connectivity index (χ3v) is 4.48. The number of benzene rings is 2. The zero-order chi connectivity index (χ0) is 15.0. The van der Waals surface area contributed by atoms with E-state index in [2.05, 4.69) is 42.5 Å². The first-order chi connectivity index (χ1) is 10.0. The fourth-order valence-electron chi connectivity index (χ4n) is 2.43. The van der Waals surface area contributed by atoms with Crippen molar-refractivity contribution in [2.24, 2.45) is 0 Å². The smallest absolute Gasteiger partial charge is 0.316 e. The predicted molar refractivity (Wildman–Crippen MR) is 85.7 cm³/mol. The predicted octanol–water partition coefficient (Wildman–Crippen LogP) is 3.29. The van der Waals surface area contributed by atoms with Crippen molar-refractivity contribution in [3.05, 3.63) is 68.6 Å². The molecule has 3 amide bonds. The van der Waals surface area contributed by atoms with Crippen LogP contribution in [0.3, 0.4) is 0 Å². The van der Waals surface area contributed by atoms with Gasteiger partial charge in [-0.2, -0.15) is 0 Å². The van der Waals surface area contributed by atoms with Gasteiger partial charge in [0.15, 0.2) is 5.54 Å². The fraction of sp³-hybridized carbons (Fsp3) is 0.0667. The van der Waals surface area contributed by atoms with Crippen LogP contribution in [0.5, 0.6) is 0 Å². The standard InChI is InChI=1S/C15H10Br2N2O2/c16-11-5-1-9(2-6-11)15(13(20)18-14(21)19-15)10-3-7-12(17)8-4-10/h1-8H,(H2,18,19,20,21). The Kier molecular flexibility index (Phi) is 3.59. The molecule has 0 atom stereocenters. The molecular formula is C15H10Br2N2O2. The van der Waals surface area contributed by atoms with Crippen molar-refractivity contribution in [3.8, 4) is 0 Å². The van der Waals surface area contributed by atoms with Crippen LogP contribution >= 0.6 is 31.9 Å². The number of carbonyl (C=O) groups is 2. The van der Waals surface area contributed by atoms with Crippen molar-refractivity contribution in [3.63, 3.8) is 0 Å². The SMILES string of the molecule is O=C1NC(=O)C(c2ccc(Br)cc2)(c2ccc(Br)cc2)N1. The molecule has 0 aliphatic carbocycles. The molecule has 106 valence electrons. The van der Waals surface area contributed by atoms with Crippen LogP contribution in [0.1, 0.15) is 11.1 Å². The number of hydrogen-bond donors (Lipinski definition) is 2. The van der Waals surface area contributed by atoms with Crippen LogP contribution in [0.15, 0.2) is 57.5 Å². The Morgan fingerprint density at radius 1 is 0.762 bits per heavy atom. The summed E-state index contributed by atoms with van der Waals surface area (Å²) in [5.74, 6) is -0.378. The van der Waals surface area contributed by atoms with E-state index in [0.717, 1.165) is 8.95 Å². The number of amides is 3. The molecule has 0 unspecified atom stereocenters. The van der Waals surface area contributed by atoms with Crippen molar-refractivity contribution < 1.29 is 9.59 Å².